The largest absolute Gasteiger partial charge is 0.357 e. The van der Waals surface area contributed by atoms with Crippen LogP contribution in [-0.4, -0.2) is 48.6 Å². The first-order chi connectivity index (χ1) is 13.7. The average molecular weight is 420 g/mol. The number of thiophene rings is 1. The number of hydrogen-bond donors (Lipinski definition) is 2. The van der Waals surface area contributed by atoms with Gasteiger partial charge >= 0.3 is 0 Å². The van der Waals surface area contributed by atoms with Crippen LogP contribution in [0.4, 0.5) is 0 Å². The van der Waals surface area contributed by atoms with Gasteiger partial charge in [-0.1, -0.05) is 23.7 Å². The zero-order valence-electron chi connectivity index (χ0n) is 16.5. The molecule has 0 radical (unpaired) electrons. The van der Waals surface area contributed by atoms with E-state index in [1.807, 2.05) is 29.7 Å². The molecule has 0 spiro atoms. The van der Waals surface area contributed by atoms with Crippen LogP contribution in [0.3, 0.4) is 0 Å². The van der Waals surface area contributed by atoms with Crippen LogP contribution in [0.5, 0.6) is 0 Å². The number of pyridine rings is 1. The molecule has 1 atom stereocenters. The predicted octanol–water partition coefficient (Wildman–Crippen LogP) is 3.81. The molecule has 2 N–H and O–H groups in total. The number of likely N-dealkylation sites (tertiary alicyclic amines) is 1. The summed E-state index contributed by atoms with van der Waals surface area (Å²) in [5.74, 6) is 1.53. The minimum atomic E-state index is 0.534. The second kappa shape index (κ2) is 11.4. The summed E-state index contributed by atoms with van der Waals surface area (Å²) in [7, 11) is 0. The number of nitrogens with zero attached hydrogens (tertiary/aromatic N) is 3. The normalized spacial score (nSPS) is 18.2. The highest BCUT2D eigenvalue weighted by molar-refractivity contribution is 7.09. The number of piperidine rings is 1. The summed E-state index contributed by atoms with van der Waals surface area (Å²) < 4.78 is 0. The summed E-state index contributed by atoms with van der Waals surface area (Å²) >= 11 is 7.69. The molecule has 0 saturated carbocycles. The van der Waals surface area contributed by atoms with Crippen LogP contribution in [-0.2, 0) is 13.0 Å². The molecular formula is C21H30ClN5S. The second-order valence-corrected chi connectivity index (χ2v) is 8.63. The molecule has 0 aliphatic carbocycles. The average Bonchev–Trinajstić information content (AvgIpc) is 3.21. The first-order valence-electron chi connectivity index (χ1n) is 10.1. The Kier molecular flexibility index (Phi) is 8.58. The molecule has 28 heavy (non-hydrogen) atoms. The van der Waals surface area contributed by atoms with Gasteiger partial charge in [0.15, 0.2) is 5.96 Å². The fourth-order valence-electron chi connectivity index (χ4n) is 3.51. The Morgan fingerprint density at radius 1 is 1.36 bits per heavy atom. The quantitative estimate of drug-likeness (QED) is 0.388. The minimum absolute atomic E-state index is 0.534. The third-order valence-corrected chi connectivity index (χ3v) is 5.99. The highest BCUT2D eigenvalue weighted by atomic mass is 35.5. The number of aromatic nitrogens is 1. The van der Waals surface area contributed by atoms with Gasteiger partial charge < -0.3 is 10.6 Å². The van der Waals surface area contributed by atoms with E-state index >= 15 is 0 Å². The van der Waals surface area contributed by atoms with E-state index in [1.165, 1.54) is 29.8 Å². The van der Waals surface area contributed by atoms with Crippen LogP contribution < -0.4 is 10.6 Å². The molecule has 3 rings (SSSR count). The van der Waals surface area contributed by atoms with Gasteiger partial charge in [0.05, 0.1) is 0 Å². The fourth-order valence-corrected chi connectivity index (χ4v) is 4.37. The number of hydrogen-bond acceptors (Lipinski definition) is 4. The molecule has 0 amide bonds. The highest BCUT2D eigenvalue weighted by Gasteiger charge is 2.20. The lowest BCUT2D eigenvalue weighted by molar-refractivity contribution is 0.172. The van der Waals surface area contributed by atoms with E-state index in [1.54, 1.807) is 0 Å². The second-order valence-electron chi connectivity index (χ2n) is 7.21. The summed E-state index contributed by atoms with van der Waals surface area (Å²) in [5, 5.41) is 9.49. The Bertz CT molecular complexity index is 717. The fraction of sp³-hybridized carbons (Fsp3) is 0.524. The number of guanidine groups is 1. The predicted molar refractivity (Wildman–Crippen MR) is 119 cm³/mol. The third kappa shape index (κ3) is 7.08. The molecule has 0 bridgehead atoms. The standard InChI is InChI=1S/C21H30ClN5S/c1-2-23-21(24-10-9-17-7-8-20(22)25-13-17)26-14-18-5-3-11-27(15-18)16-19-6-4-12-28-19/h4,6-8,12-13,18H,2-3,5,9-11,14-16H2,1H3,(H2,23,24,26). The summed E-state index contributed by atoms with van der Waals surface area (Å²) in [6.07, 6.45) is 5.25. The molecule has 1 fully saturated rings. The van der Waals surface area contributed by atoms with Crippen molar-refractivity contribution < 1.29 is 0 Å². The van der Waals surface area contributed by atoms with Gasteiger partial charge in [0.25, 0.3) is 0 Å². The van der Waals surface area contributed by atoms with Crippen molar-refractivity contribution in [2.45, 2.75) is 32.7 Å². The van der Waals surface area contributed by atoms with Gasteiger partial charge in [-0.25, -0.2) is 4.98 Å². The molecule has 1 saturated heterocycles. The van der Waals surface area contributed by atoms with Crippen molar-refractivity contribution in [2.75, 3.05) is 32.7 Å². The highest BCUT2D eigenvalue weighted by Crippen LogP contribution is 2.20. The van der Waals surface area contributed by atoms with Crippen molar-refractivity contribution >= 4 is 28.9 Å². The topological polar surface area (TPSA) is 52.6 Å². The van der Waals surface area contributed by atoms with Crippen LogP contribution in [0, 0.1) is 5.92 Å². The lowest BCUT2D eigenvalue weighted by Gasteiger charge is -2.31. The monoisotopic (exact) mass is 419 g/mol. The Labute approximate surface area is 177 Å². The third-order valence-electron chi connectivity index (χ3n) is 4.91. The van der Waals surface area contributed by atoms with Gasteiger partial charge in [-0.2, -0.15) is 0 Å². The molecule has 2 aromatic heterocycles. The first kappa shape index (κ1) is 21.1. The smallest absolute Gasteiger partial charge is 0.191 e. The molecule has 152 valence electrons. The van der Waals surface area contributed by atoms with Crippen molar-refractivity contribution in [3.63, 3.8) is 0 Å². The van der Waals surface area contributed by atoms with Crippen LogP contribution in [0.2, 0.25) is 5.15 Å². The molecule has 7 heteroatoms. The lowest BCUT2D eigenvalue weighted by Crippen LogP contribution is -2.40. The number of rotatable bonds is 8. The number of nitrogens with one attached hydrogen (secondary N) is 2. The molecule has 2 aromatic rings. The minimum Gasteiger partial charge on any atom is -0.357 e. The molecule has 5 nitrogen and oxygen atoms in total. The number of aliphatic imine (C=N–C) groups is 1. The van der Waals surface area contributed by atoms with E-state index in [-0.39, 0.29) is 0 Å². The van der Waals surface area contributed by atoms with Crippen molar-refractivity contribution in [3.05, 3.63) is 51.4 Å². The Morgan fingerprint density at radius 2 is 2.29 bits per heavy atom. The Morgan fingerprint density at radius 3 is 3.04 bits per heavy atom. The molecule has 3 heterocycles. The van der Waals surface area contributed by atoms with Gasteiger partial charge in [0.2, 0.25) is 0 Å². The summed E-state index contributed by atoms with van der Waals surface area (Å²) in [5.41, 5.74) is 1.17. The van der Waals surface area contributed by atoms with E-state index in [4.69, 9.17) is 16.6 Å². The summed E-state index contributed by atoms with van der Waals surface area (Å²) in [4.78, 5) is 13.0. The zero-order valence-corrected chi connectivity index (χ0v) is 18.1. The van der Waals surface area contributed by atoms with E-state index in [9.17, 15) is 0 Å². The van der Waals surface area contributed by atoms with Gasteiger partial charge in [-0.05, 0) is 61.7 Å². The van der Waals surface area contributed by atoms with E-state index in [0.29, 0.717) is 11.1 Å². The van der Waals surface area contributed by atoms with Crippen LogP contribution in [0.25, 0.3) is 0 Å². The van der Waals surface area contributed by atoms with Crippen molar-refractivity contribution in [2.24, 2.45) is 10.9 Å². The zero-order chi connectivity index (χ0) is 19.6. The first-order valence-corrected chi connectivity index (χ1v) is 11.4. The number of halogens is 1. The summed E-state index contributed by atoms with van der Waals surface area (Å²) in [6, 6.07) is 8.22. The maximum absolute atomic E-state index is 5.84. The van der Waals surface area contributed by atoms with E-state index < -0.39 is 0 Å². The van der Waals surface area contributed by atoms with Crippen LogP contribution >= 0.6 is 22.9 Å². The van der Waals surface area contributed by atoms with Gasteiger partial charge in [-0.15, -0.1) is 11.3 Å². The molecule has 1 aliphatic heterocycles. The van der Waals surface area contributed by atoms with Crippen molar-refractivity contribution in [3.8, 4) is 0 Å². The Hall–Kier alpha value is -1.63. The van der Waals surface area contributed by atoms with E-state index in [2.05, 4.69) is 45.0 Å². The van der Waals surface area contributed by atoms with Gasteiger partial charge in [0, 0.05) is 43.8 Å². The lowest BCUT2D eigenvalue weighted by atomic mass is 9.98. The molecule has 1 aliphatic rings. The van der Waals surface area contributed by atoms with Gasteiger partial charge in [-0.3, -0.25) is 9.89 Å². The maximum atomic E-state index is 5.84. The molecule has 1 unspecified atom stereocenters. The van der Waals surface area contributed by atoms with Crippen LogP contribution in [0.15, 0.2) is 40.8 Å². The molecule has 0 aromatic carbocycles. The SMILES string of the molecule is CCNC(=NCC1CCCN(Cc2cccs2)C1)NCCc1ccc(Cl)nc1. The Balaban J connectivity index is 1.45. The van der Waals surface area contributed by atoms with Gasteiger partial charge in [0.1, 0.15) is 5.15 Å². The van der Waals surface area contributed by atoms with Crippen molar-refractivity contribution in [1.29, 1.82) is 0 Å². The van der Waals surface area contributed by atoms with Crippen molar-refractivity contribution in [1.82, 2.24) is 20.5 Å². The summed E-state index contributed by atoms with van der Waals surface area (Å²) in [6.45, 7) is 8.07. The maximum Gasteiger partial charge on any atom is 0.191 e. The van der Waals surface area contributed by atoms with E-state index in [0.717, 1.165) is 45.1 Å². The van der Waals surface area contributed by atoms with Crippen LogP contribution in [0.1, 0.15) is 30.2 Å². The molecular weight excluding hydrogens is 390 g/mol.